The third kappa shape index (κ3) is 4.04. The summed E-state index contributed by atoms with van der Waals surface area (Å²) >= 11 is 1.58. The lowest BCUT2D eigenvalue weighted by atomic mass is 10.00. The smallest absolute Gasteiger partial charge is 0.187 e. The van der Waals surface area contributed by atoms with E-state index in [1.54, 1.807) is 42.8 Å². The Morgan fingerprint density at radius 3 is 2.60 bits per heavy atom. The lowest BCUT2D eigenvalue weighted by Gasteiger charge is -2.10. The van der Waals surface area contributed by atoms with E-state index in [0.717, 1.165) is 27.3 Å². The molecule has 0 aromatic carbocycles. The molecule has 0 unspecified atom stereocenters. The monoisotopic (exact) mass is 416 g/mol. The molecule has 0 spiro atoms. The SMILES string of the molecule is Cc1csc(-c2ccc(N)c(C(=O)Cc3cnccc3-c3cc(N)nc(C)n3)n2)c1. The highest BCUT2D eigenvalue weighted by molar-refractivity contribution is 7.13. The highest BCUT2D eigenvalue weighted by Gasteiger charge is 2.18. The minimum Gasteiger partial charge on any atom is -0.397 e. The molecule has 4 aromatic heterocycles. The van der Waals surface area contributed by atoms with E-state index in [2.05, 4.69) is 19.9 Å². The standard InChI is InChI=1S/C22H20N6OS/c1-12-7-20(30-11-12)17-4-3-16(23)22(28-17)19(29)8-14-10-25-6-5-15(14)18-9-21(24)27-13(2)26-18/h3-7,9-11H,8,23H2,1-2H3,(H2,24,26,27). The van der Waals surface area contributed by atoms with Crippen LogP contribution in [0.2, 0.25) is 0 Å². The zero-order valence-electron chi connectivity index (χ0n) is 16.6. The number of nitrogen functional groups attached to an aromatic ring is 2. The first-order valence-electron chi connectivity index (χ1n) is 9.30. The van der Waals surface area contributed by atoms with Crippen molar-refractivity contribution < 1.29 is 4.79 Å². The van der Waals surface area contributed by atoms with Gasteiger partial charge in [-0.2, -0.15) is 0 Å². The van der Waals surface area contributed by atoms with Gasteiger partial charge in [-0.05, 0) is 54.6 Å². The van der Waals surface area contributed by atoms with Gasteiger partial charge in [0.15, 0.2) is 5.78 Å². The van der Waals surface area contributed by atoms with Gasteiger partial charge in [0, 0.05) is 30.4 Å². The van der Waals surface area contributed by atoms with Crippen LogP contribution in [0.5, 0.6) is 0 Å². The number of aromatic nitrogens is 4. The van der Waals surface area contributed by atoms with Crippen LogP contribution < -0.4 is 11.5 Å². The molecule has 0 fully saturated rings. The average Bonchev–Trinajstić information content (AvgIpc) is 3.14. The van der Waals surface area contributed by atoms with Crippen molar-refractivity contribution >= 4 is 28.6 Å². The van der Waals surface area contributed by atoms with E-state index >= 15 is 0 Å². The summed E-state index contributed by atoms with van der Waals surface area (Å²) in [7, 11) is 0. The van der Waals surface area contributed by atoms with Gasteiger partial charge in [-0.1, -0.05) is 0 Å². The maximum Gasteiger partial charge on any atom is 0.187 e. The van der Waals surface area contributed by atoms with Gasteiger partial charge in [-0.15, -0.1) is 11.3 Å². The number of anilines is 2. The van der Waals surface area contributed by atoms with Crippen molar-refractivity contribution in [2.75, 3.05) is 11.5 Å². The molecule has 0 aliphatic rings. The van der Waals surface area contributed by atoms with E-state index in [1.807, 2.05) is 30.5 Å². The van der Waals surface area contributed by atoms with Crippen molar-refractivity contribution in [1.82, 2.24) is 19.9 Å². The van der Waals surface area contributed by atoms with Crippen molar-refractivity contribution in [3.63, 3.8) is 0 Å². The summed E-state index contributed by atoms with van der Waals surface area (Å²) < 4.78 is 0. The normalized spacial score (nSPS) is 10.9. The topological polar surface area (TPSA) is 121 Å². The lowest BCUT2D eigenvalue weighted by Crippen LogP contribution is -2.11. The van der Waals surface area contributed by atoms with Crippen molar-refractivity contribution in [3.05, 3.63) is 70.8 Å². The van der Waals surface area contributed by atoms with Gasteiger partial charge in [0.1, 0.15) is 17.3 Å². The molecule has 4 aromatic rings. The second kappa shape index (κ2) is 8.00. The number of pyridine rings is 2. The number of carbonyl (C=O) groups is 1. The van der Waals surface area contributed by atoms with Crippen LogP contribution in [0.15, 0.2) is 48.1 Å². The van der Waals surface area contributed by atoms with Crippen LogP contribution in [-0.2, 0) is 6.42 Å². The average molecular weight is 417 g/mol. The van der Waals surface area contributed by atoms with Crippen LogP contribution in [-0.4, -0.2) is 25.7 Å². The second-order valence-corrected chi connectivity index (χ2v) is 7.89. The molecule has 0 amide bonds. The molecule has 4 N–H and O–H groups in total. The number of Topliss-reactive ketones (excluding diaryl/α,β-unsaturated/α-hetero) is 1. The van der Waals surface area contributed by atoms with Crippen molar-refractivity contribution in [2.45, 2.75) is 20.3 Å². The molecular formula is C22H20N6OS. The number of carbonyl (C=O) groups excluding carboxylic acids is 1. The molecule has 0 aliphatic carbocycles. The molecule has 30 heavy (non-hydrogen) atoms. The third-order valence-electron chi connectivity index (χ3n) is 4.56. The van der Waals surface area contributed by atoms with Gasteiger partial charge in [-0.3, -0.25) is 9.78 Å². The summed E-state index contributed by atoms with van der Waals surface area (Å²) in [6.45, 7) is 3.79. The first kappa shape index (κ1) is 19.7. The fraction of sp³-hybridized carbons (Fsp3) is 0.136. The molecule has 4 heterocycles. The minimum absolute atomic E-state index is 0.0935. The first-order chi connectivity index (χ1) is 14.4. The summed E-state index contributed by atoms with van der Waals surface area (Å²) in [5, 5.41) is 2.05. The number of hydrogen-bond acceptors (Lipinski definition) is 8. The Morgan fingerprint density at radius 2 is 1.87 bits per heavy atom. The molecule has 0 atom stereocenters. The number of ketones is 1. The molecule has 0 bridgehead atoms. The highest BCUT2D eigenvalue weighted by Crippen LogP contribution is 2.28. The molecule has 150 valence electrons. The molecule has 8 heteroatoms. The number of nitrogens with two attached hydrogens (primary N) is 2. The van der Waals surface area contributed by atoms with Crippen LogP contribution in [0.25, 0.3) is 21.8 Å². The maximum absolute atomic E-state index is 13.1. The zero-order valence-corrected chi connectivity index (χ0v) is 17.4. The van der Waals surface area contributed by atoms with E-state index in [0.29, 0.717) is 23.0 Å². The first-order valence-corrected chi connectivity index (χ1v) is 10.2. The Balaban J connectivity index is 1.68. The van der Waals surface area contributed by atoms with Crippen LogP contribution >= 0.6 is 11.3 Å². The van der Waals surface area contributed by atoms with Crippen LogP contribution in [0, 0.1) is 13.8 Å². The molecular weight excluding hydrogens is 396 g/mol. The Morgan fingerprint density at radius 1 is 1.03 bits per heavy atom. The Labute approximate surface area is 177 Å². The molecule has 0 saturated carbocycles. The molecule has 4 rings (SSSR count). The summed E-state index contributed by atoms with van der Waals surface area (Å²) in [5.41, 5.74) is 16.6. The lowest BCUT2D eigenvalue weighted by molar-refractivity contribution is 0.0989. The van der Waals surface area contributed by atoms with Gasteiger partial charge < -0.3 is 11.5 Å². The van der Waals surface area contributed by atoms with Crippen molar-refractivity contribution in [2.24, 2.45) is 0 Å². The summed E-state index contributed by atoms with van der Waals surface area (Å²) in [6, 6.07) is 9.09. The molecule has 0 saturated heterocycles. The fourth-order valence-electron chi connectivity index (χ4n) is 3.20. The number of aryl methyl sites for hydroxylation is 2. The summed E-state index contributed by atoms with van der Waals surface area (Å²) in [6.07, 6.45) is 3.41. The second-order valence-electron chi connectivity index (χ2n) is 6.98. The fourth-order valence-corrected chi connectivity index (χ4v) is 4.07. The van der Waals surface area contributed by atoms with Crippen LogP contribution in [0.1, 0.15) is 27.4 Å². The van der Waals surface area contributed by atoms with Crippen molar-refractivity contribution in [3.8, 4) is 21.8 Å². The van der Waals surface area contributed by atoms with Crippen molar-refractivity contribution in [1.29, 1.82) is 0 Å². The van der Waals surface area contributed by atoms with Crippen LogP contribution in [0.3, 0.4) is 0 Å². The largest absolute Gasteiger partial charge is 0.397 e. The van der Waals surface area contributed by atoms with Gasteiger partial charge in [0.25, 0.3) is 0 Å². The predicted octanol–water partition coefficient (Wildman–Crippen LogP) is 3.87. The third-order valence-corrected chi connectivity index (χ3v) is 5.63. The van der Waals surface area contributed by atoms with E-state index in [9.17, 15) is 4.79 Å². The summed E-state index contributed by atoms with van der Waals surface area (Å²) in [5.74, 6) is 0.746. The number of rotatable bonds is 5. The number of nitrogens with zero attached hydrogens (tertiary/aromatic N) is 4. The molecule has 0 aliphatic heterocycles. The Bertz CT molecular complexity index is 1230. The van der Waals surface area contributed by atoms with Gasteiger partial charge in [0.2, 0.25) is 0 Å². The highest BCUT2D eigenvalue weighted by atomic mass is 32.1. The van der Waals surface area contributed by atoms with Crippen LogP contribution in [0.4, 0.5) is 11.5 Å². The molecule has 0 radical (unpaired) electrons. The van der Waals surface area contributed by atoms with E-state index in [-0.39, 0.29) is 17.9 Å². The van der Waals surface area contributed by atoms with E-state index in [1.165, 1.54) is 0 Å². The quantitative estimate of drug-likeness (QED) is 0.474. The summed E-state index contributed by atoms with van der Waals surface area (Å²) in [4.78, 5) is 31.4. The van der Waals surface area contributed by atoms with Gasteiger partial charge >= 0.3 is 0 Å². The number of thiophene rings is 1. The minimum atomic E-state index is -0.185. The Hall–Kier alpha value is -3.65. The number of hydrogen-bond donors (Lipinski definition) is 2. The zero-order chi connectivity index (χ0) is 21.3. The van der Waals surface area contributed by atoms with Gasteiger partial charge in [0.05, 0.1) is 22.0 Å². The Kier molecular flexibility index (Phi) is 5.24. The van der Waals surface area contributed by atoms with E-state index in [4.69, 9.17) is 11.5 Å². The predicted molar refractivity (Wildman–Crippen MR) is 119 cm³/mol. The van der Waals surface area contributed by atoms with Gasteiger partial charge in [-0.25, -0.2) is 15.0 Å². The maximum atomic E-state index is 13.1. The molecule has 7 nitrogen and oxygen atoms in total. The van der Waals surface area contributed by atoms with E-state index < -0.39 is 0 Å².